The summed E-state index contributed by atoms with van der Waals surface area (Å²) < 4.78 is 5.18. The lowest BCUT2D eigenvalue weighted by molar-refractivity contribution is 0.0938. The Kier molecular flexibility index (Phi) is 4.93. The Hall–Kier alpha value is -2.63. The number of nitrogens with zero attached hydrogens (tertiary/aromatic N) is 2. The number of hydrogen-bond donors (Lipinski definition) is 2. The van der Waals surface area contributed by atoms with Crippen LogP contribution in [-0.2, 0) is 0 Å². The Labute approximate surface area is 129 Å². The molecule has 0 saturated carbocycles. The maximum atomic E-state index is 12.1. The molecule has 0 spiro atoms. The first kappa shape index (κ1) is 15.8. The highest BCUT2D eigenvalue weighted by atomic mass is 16.5. The average molecular weight is 300 g/mol. The van der Waals surface area contributed by atoms with Crippen LogP contribution >= 0.6 is 0 Å². The van der Waals surface area contributed by atoms with Gasteiger partial charge in [-0.25, -0.2) is 9.97 Å². The summed E-state index contributed by atoms with van der Waals surface area (Å²) in [6.07, 6.45) is 0. The van der Waals surface area contributed by atoms with E-state index in [0.29, 0.717) is 17.3 Å². The quantitative estimate of drug-likeness (QED) is 0.888. The van der Waals surface area contributed by atoms with E-state index in [2.05, 4.69) is 20.6 Å². The van der Waals surface area contributed by atoms with Crippen LogP contribution in [0, 0.1) is 6.92 Å². The molecule has 0 fully saturated rings. The van der Waals surface area contributed by atoms with Crippen LogP contribution in [0.25, 0.3) is 0 Å². The first-order chi connectivity index (χ1) is 10.5. The summed E-state index contributed by atoms with van der Waals surface area (Å²) in [4.78, 5) is 20.6. The smallest absolute Gasteiger partial charge is 0.270 e. The van der Waals surface area contributed by atoms with Crippen LogP contribution in [0.4, 0.5) is 11.6 Å². The van der Waals surface area contributed by atoms with E-state index in [4.69, 9.17) is 4.74 Å². The summed E-state index contributed by atoms with van der Waals surface area (Å²) in [7, 11) is 1.61. The highest BCUT2D eigenvalue weighted by Crippen LogP contribution is 2.19. The van der Waals surface area contributed by atoms with E-state index in [9.17, 15) is 4.79 Å². The van der Waals surface area contributed by atoms with Crippen LogP contribution in [0.1, 0.15) is 30.0 Å². The third-order valence-electron chi connectivity index (χ3n) is 2.83. The second kappa shape index (κ2) is 6.89. The van der Waals surface area contributed by atoms with Crippen LogP contribution in [0.2, 0.25) is 0 Å². The fourth-order valence-corrected chi connectivity index (χ4v) is 1.91. The number of hydrogen-bond acceptors (Lipinski definition) is 5. The number of carbonyl (C=O) groups excluding carboxylic acids is 1. The van der Waals surface area contributed by atoms with Gasteiger partial charge in [-0.15, -0.1) is 0 Å². The van der Waals surface area contributed by atoms with Gasteiger partial charge < -0.3 is 15.4 Å². The second-order valence-corrected chi connectivity index (χ2v) is 5.20. The van der Waals surface area contributed by atoms with Gasteiger partial charge in [-0.1, -0.05) is 6.07 Å². The molecule has 0 aliphatic heterocycles. The number of nitrogens with one attached hydrogen (secondary N) is 2. The van der Waals surface area contributed by atoms with Crippen LogP contribution in [0.3, 0.4) is 0 Å². The van der Waals surface area contributed by atoms with Gasteiger partial charge in [-0.2, -0.15) is 0 Å². The topological polar surface area (TPSA) is 76.1 Å². The van der Waals surface area contributed by atoms with E-state index in [1.54, 1.807) is 13.2 Å². The summed E-state index contributed by atoms with van der Waals surface area (Å²) in [6.45, 7) is 5.63. The van der Waals surface area contributed by atoms with E-state index < -0.39 is 0 Å². The lowest BCUT2D eigenvalue weighted by atomic mass is 10.3. The molecular formula is C16H20N4O2. The normalized spacial score (nSPS) is 10.4. The molecule has 1 aromatic heterocycles. The summed E-state index contributed by atoms with van der Waals surface area (Å²) in [5.41, 5.74) is 1.85. The minimum atomic E-state index is -0.214. The van der Waals surface area contributed by atoms with Gasteiger partial charge in [0.15, 0.2) is 0 Å². The number of benzene rings is 1. The number of anilines is 2. The Bertz CT molecular complexity index is 671. The van der Waals surface area contributed by atoms with Crippen molar-refractivity contribution in [2.45, 2.75) is 26.8 Å². The van der Waals surface area contributed by atoms with Crippen molar-refractivity contribution in [3.8, 4) is 5.75 Å². The van der Waals surface area contributed by atoms with Crippen molar-refractivity contribution in [2.75, 3.05) is 12.4 Å². The van der Waals surface area contributed by atoms with Gasteiger partial charge in [0.2, 0.25) is 5.95 Å². The monoisotopic (exact) mass is 300 g/mol. The maximum absolute atomic E-state index is 12.1. The van der Waals surface area contributed by atoms with Gasteiger partial charge in [0.1, 0.15) is 11.4 Å². The predicted molar refractivity (Wildman–Crippen MR) is 85.6 cm³/mol. The van der Waals surface area contributed by atoms with Crippen LogP contribution < -0.4 is 15.4 Å². The molecule has 0 aliphatic rings. The Morgan fingerprint density at radius 3 is 2.68 bits per heavy atom. The maximum Gasteiger partial charge on any atom is 0.270 e. The molecule has 1 heterocycles. The van der Waals surface area contributed by atoms with Gasteiger partial charge >= 0.3 is 0 Å². The third kappa shape index (κ3) is 4.18. The van der Waals surface area contributed by atoms with Gasteiger partial charge in [0.25, 0.3) is 5.91 Å². The summed E-state index contributed by atoms with van der Waals surface area (Å²) in [5, 5.41) is 5.90. The Balaban J connectivity index is 2.24. The van der Waals surface area contributed by atoms with Gasteiger partial charge in [-0.3, -0.25) is 4.79 Å². The molecule has 2 aromatic rings. The Morgan fingerprint density at radius 1 is 1.23 bits per heavy atom. The number of aryl methyl sites for hydroxylation is 1. The molecule has 2 N–H and O–H groups in total. The van der Waals surface area contributed by atoms with E-state index >= 15 is 0 Å². The molecule has 6 nitrogen and oxygen atoms in total. The van der Waals surface area contributed by atoms with Gasteiger partial charge in [0, 0.05) is 23.5 Å². The first-order valence-corrected chi connectivity index (χ1v) is 7.05. The summed E-state index contributed by atoms with van der Waals surface area (Å²) in [6, 6.07) is 9.14. The number of aromatic nitrogens is 2. The lowest BCUT2D eigenvalue weighted by Crippen LogP contribution is -2.31. The van der Waals surface area contributed by atoms with Crippen LogP contribution in [0.5, 0.6) is 5.75 Å². The predicted octanol–water partition coefficient (Wildman–Crippen LogP) is 2.68. The van der Waals surface area contributed by atoms with E-state index in [1.165, 1.54) is 0 Å². The molecule has 1 amide bonds. The molecule has 0 aliphatic carbocycles. The van der Waals surface area contributed by atoms with E-state index in [-0.39, 0.29) is 11.9 Å². The number of amides is 1. The van der Waals surface area contributed by atoms with Crippen molar-refractivity contribution in [1.29, 1.82) is 0 Å². The van der Waals surface area contributed by atoms with Crippen molar-refractivity contribution in [3.05, 3.63) is 41.7 Å². The van der Waals surface area contributed by atoms with E-state index in [1.807, 2.05) is 45.0 Å². The number of carbonyl (C=O) groups is 1. The SMILES string of the molecule is COc1cccc(Nc2nc(C)cc(C(=O)NC(C)C)n2)c1. The largest absolute Gasteiger partial charge is 0.497 e. The molecule has 0 unspecified atom stereocenters. The highest BCUT2D eigenvalue weighted by molar-refractivity contribution is 5.92. The number of methoxy groups -OCH3 is 1. The number of ether oxygens (including phenoxy) is 1. The molecule has 22 heavy (non-hydrogen) atoms. The van der Waals surface area contributed by atoms with Crippen molar-refractivity contribution in [2.24, 2.45) is 0 Å². The van der Waals surface area contributed by atoms with Crippen molar-refractivity contribution >= 4 is 17.5 Å². The molecule has 0 bridgehead atoms. The first-order valence-electron chi connectivity index (χ1n) is 7.05. The molecule has 0 radical (unpaired) electrons. The second-order valence-electron chi connectivity index (χ2n) is 5.20. The van der Waals surface area contributed by atoms with E-state index in [0.717, 1.165) is 11.4 Å². The van der Waals surface area contributed by atoms with Gasteiger partial charge in [0.05, 0.1) is 7.11 Å². The molecule has 2 rings (SSSR count). The van der Waals surface area contributed by atoms with Crippen molar-refractivity contribution in [1.82, 2.24) is 15.3 Å². The fraction of sp³-hybridized carbons (Fsp3) is 0.312. The third-order valence-corrected chi connectivity index (χ3v) is 2.83. The van der Waals surface area contributed by atoms with Crippen molar-refractivity contribution in [3.63, 3.8) is 0 Å². The fourth-order valence-electron chi connectivity index (χ4n) is 1.91. The standard InChI is InChI=1S/C16H20N4O2/c1-10(2)17-15(21)14-8-11(3)18-16(20-14)19-12-6-5-7-13(9-12)22-4/h5-10H,1-4H3,(H,17,21)(H,18,19,20). The zero-order valence-corrected chi connectivity index (χ0v) is 13.2. The number of rotatable bonds is 5. The highest BCUT2D eigenvalue weighted by Gasteiger charge is 2.11. The molecule has 6 heteroatoms. The van der Waals surface area contributed by atoms with Crippen LogP contribution in [0.15, 0.2) is 30.3 Å². The summed E-state index contributed by atoms with van der Waals surface area (Å²) in [5.74, 6) is 0.895. The van der Waals surface area contributed by atoms with Gasteiger partial charge in [-0.05, 0) is 39.0 Å². The van der Waals surface area contributed by atoms with Crippen molar-refractivity contribution < 1.29 is 9.53 Å². The molecule has 0 saturated heterocycles. The minimum Gasteiger partial charge on any atom is -0.497 e. The zero-order chi connectivity index (χ0) is 16.1. The molecule has 116 valence electrons. The molecule has 0 atom stereocenters. The Morgan fingerprint density at radius 2 is 2.00 bits per heavy atom. The lowest BCUT2D eigenvalue weighted by Gasteiger charge is -2.11. The zero-order valence-electron chi connectivity index (χ0n) is 13.2. The van der Waals surface area contributed by atoms with Crippen LogP contribution in [-0.4, -0.2) is 29.0 Å². The average Bonchev–Trinajstić information content (AvgIpc) is 2.46. The molecular weight excluding hydrogens is 280 g/mol. The molecule has 1 aromatic carbocycles. The minimum absolute atomic E-state index is 0.0533. The summed E-state index contributed by atoms with van der Waals surface area (Å²) >= 11 is 0.